The van der Waals surface area contributed by atoms with Gasteiger partial charge in [0.05, 0.1) is 5.39 Å². The third-order valence-electron chi connectivity index (χ3n) is 3.42. The van der Waals surface area contributed by atoms with Gasteiger partial charge >= 0.3 is 5.97 Å². The third-order valence-corrected chi connectivity index (χ3v) is 3.42. The molecule has 0 unspecified atom stereocenters. The van der Waals surface area contributed by atoms with Crippen molar-refractivity contribution in [1.82, 2.24) is 9.97 Å². The second-order valence-electron chi connectivity index (χ2n) is 4.77. The molecule has 0 aliphatic heterocycles. The minimum atomic E-state index is -1.25. The molecule has 0 saturated heterocycles. The Hall–Kier alpha value is -2.95. The molecule has 2 aromatic heterocycles. The van der Waals surface area contributed by atoms with Crippen LogP contribution in [0.3, 0.4) is 0 Å². The van der Waals surface area contributed by atoms with Crippen molar-refractivity contribution in [3.05, 3.63) is 64.1 Å². The van der Waals surface area contributed by atoms with Gasteiger partial charge in [-0.25, -0.2) is 9.78 Å². The van der Waals surface area contributed by atoms with E-state index in [2.05, 4.69) is 9.97 Å². The van der Waals surface area contributed by atoms with Crippen LogP contribution in [0.4, 0.5) is 0 Å². The van der Waals surface area contributed by atoms with Gasteiger partial charge in [0.15, 0.2) is 0 Å². The Kier molecular flexibility index (Phi) is 3.02. The largest absolute Gasteiger partial charge is 0.477 e. The second kappa shape index (κ2) is 4.86. The number of aromatic carboxylic acids is 1. The van der Waals surface area contributed by atoms with Gasteiger partial charge in [0.25, 0.3) is 0 Å². The van der Waals surface area contributed by atoms with E-state index < -0.39 is 11.4 Å². The molecule has 0 spiro atoms. The summed E-state index contributed by atoms with van der Waals surface area (Å²) in [7, 11) is 0. The lowest BCUT2D eigenvalue weighted by Crippen LogP contribution is -2.15. The molecule has 21 heavy (non-hydrogen) atoms. The summed E-state index contributed by atoms with van der Waals surface area (Å²) in [5.41, 5.74) is 2.37. The van der Waals surface area contributed by atoms with E-state index in [1.807, 2.05) is 31.2 Å². The number of nitrogens with one attached hydrogen (secondary N) is 1. The van der Waals surface area contributed by atoms with Crippen LogP contribution in [0.15, 0.2) is 47.5 Å². The predicted octanol–water partition coefficient (Wildman–Crippen LogP) is 2.60. The number of hydrogen-bond donors (Lipinski definition) is 2. The molecule has 0 aliphatic rings. The Morgan fingerprint density at radius 2 is 2.05 bits per heavy atom. The Morgan fingerprint density at radius 1 is 1.29 bits per heavy atom. The fourth-order valence-corrected chi connectivity index (χ4v) is 2.31. The zero-order valence-corrected chi connectivity index (χ0v) is 11.3. The topological polar surface area (TPSA) is 83.1 Å². The quantitative estimate of drug-likeness (QED) is 0.755. The van der Waals surface area contributed by atoms with Crippen LogP contribution in [-0.4, -0.2) is 21.0 Å². The van der Waals surface area contributed by atoms with E-state index in [1.165, 1.54) is 6.20 Å². The number of carbonyl (C=O) groups is 1. The van der Waals surface area contributed by atoms with Gasteiger partial charge in [-0.05, 0) is 24.1 Å². The molecule has 0 amide bonds. The van der Waals surface area contributed by atoms with Crippen molar-refractivity contribution in [1.29, 1.82) is 0 Å². The minimum absolute atomic E-state index is 0.274. The highest BCUT2D eigenvalue weighted by atomic mass is 16.4. The first-order valence-electron chi connectivity index (χ1n) is 6.38. The number of hydrogen-bond acceptors (Lipinski definition) is 3. The van der Waals surface area contributed by atoms with Crippen LogP contribution in [0.25, 0.3) is 22.2 Å². The number of benzene rings is 1. The summed E-state index contributed by atoms with van der Waals surface area (Å²) in [5.74, 6) is -1.25. The third kappa shape index (κ3) is 2.18. The molecule has 3 aromatic rings. The minimum Gasteiger partial charge on any atom is -0.477 e. The van der Waals surface area contributed by atoms with E-state index in [4.69, 9.17) is 5.11 Å². The summed E-state index contributed by atoms with van der Waals surface area (Å²) < 4.78 is 0. The van der Waals surface area contributed by atoms with Crippen molar-refractivity contribution < 1.29 is 9.90 Å². The van der Waals surface area contributed by atoms with Gasteiger partial charge in [0.1, 0.15) is 11.2 Å². The number of aryl methyl sites for hydroxylation is 1. The number of carboxylic acid groups (broad SMARTS) is 1. The van der Waals surface area contributed by atoms with Crippen molar-refractivity contribution in [2.75, 3.05) is 0 Å². The second-order valence-corrected chi connectivity index (χ2v) is 4.77. The van der Waals surface area contributed by atoms with Crippen molar-refractivity contribution in [3.8, 4) is 11.1 Å². The molecule has 0 fully saturated rings. The molecular formula is C16H12N2O3. The predicted molar refractivity (Wildman–Crippen MR) is 79.5 cm³/mol. The van der Waals surface area contributed by atoms with E-state index >= 15 is 0 Å². The van der Waals surface area contributed by atoms with Crippen molar-refractivity contribution in [3.63, 3.8) is 0 Å². The highest BCUT2D eigenvalue weighted by Gasteiger charge is 2.13. The lowest BCUT2D eigenvalue weighted by Gasteiger charge is -2.06. The van der Waals surface area contributed by atoms with Gasteiger partial charge in [-0.15, -0.1) is 0 Å². The molecule has 2 N–H and O–H groups in total. The smallest absolute Gasteiger partial charge is 0.341 e. The van der Waals surface area contributed by atoms with Gasteiger partial charge in [-0.1, -0.05) is 24.3 Å². The number of aromatic amines is 1. The highest BCUT2D eigenvalue weighted by molar-refractivity contribution is 5.92. The molecule has 3 rings (SSSR count). The maximum Gasteiger partial charge on any atom is 0.341 e. The summed E-state index contributed by atoms with van der Waals surface area (Å²) in [4.78, 5) is 30.2. The first kappa shape index (κ1) is 13.1. The van der Waals surface area contributed by atoms with E-state index in [0.717, 1.165) is 16.7 Å². The molecule has 0 aliphatic carbocycles. The Morgan fingerprint density at radius 3 is 2.76 bits per heavy atom. The Bertz CT molecular complexity index is 913. The molecule has 5 nitrogen and oxygen atoms in total. The summed E-state index contributed by atoms with van der Waals surface area (Å²) >= 11 is 0. The van der Waals surface area contributed by atoms with E-state index in [0.29, 0.717) is 5.65 Å². The summed E-state index contributed by atoms with van der Waals surface area (Å²) in [6.07, 6.45) is 2.84. The number of pyridine rings is 2. The molecule has 0 bridgehead atoms. The molecule has 5 heteroatoms. The van der Waals surface area contributed by atoms with E-state index in [9.17, 15) is 9.59 Å². The Labute approximate surface area is 119 Å². The van der Waals surface area contributed by atoms with Crippen LogP contribution >= 0.6 is 0 Å². The molecule has 0 saturated carbocycles. The number of H-pyrrole nitrogens is 1. The van der Waals surface area contributed by atoms with Crippen molar-refractivity contribution in [2.45, 2.75) is 6.92 Å². The lowest BCUT2D eigenvalue weighted by atomic mass is 10.0. The number of rotatable bonds is 2. The van der Waals surface area contributed by atoms with Crippen LogP contribution in [-0.2, 0) is 0 Å². The lowest BCUT2D eigenvalue weighted by molar-refractivity contribution is 0.0695. The maximum atomic E-state index is 12.2. The molecule has 0 radical (unpaired) electrons. The molecule has 1 aromatic carbocycles. The number of aromatic nitrogens is 2. The first-order valence-corrected chi connectivity index (χ1v) is 6.38. The molecular weight excluding hydrogens is 268 g/mol. The Balaban J connectivity index is 2.29. The normalized spacial score (nSPS) is 10.7. The highest BCUT2D eigenvalue weighted by Crippen LogP contribution is 2.23. The molecule has 104 valence electrons. The maximum absolute atomic E-state index is 12.2. The first-order chi connectivity index (χ1) is 10.1. The van der Waals surface area contributed by atoms with Crippen LogP contribution in [0.5, 0.6) is 0 Å². The van der Waals surface area contributed by atoms with Gasteiger partial charge in [-0.2, -0.15) is 0 Å². The zero-order chi connectivity index (χ0) is 15.0. The average molecular weight is 280 g/mol. The number of fused-ring (bicyclic) bond motifs is 1. The van der Waals surface area contributed by atoms with Crippen LogP contribution in [0, 0.1) is 6.92 Å². The summed E-state index contributed by atoms with van der Waals surface area (Å²) in [6.45, 7) is 1.97. The molecule has 0 atom stereocenters. The standard InChI is InChI=1S/C16H12N2O3/c1-9-4-2-3-5-11(9)10-6-12-14(19)13(16(20)21)8-18-15(12)17-7-10/h2-8H,1H3,(H,20,21)(H,17,18,19). The van der Waals surface area contributed by atoms with E-state index in [-0.39, 0.29) is 10.9 Å². The van der Waals surface area contributed by atoms with Crippen LogP contribution in [0.2, 0.25) is 0 Å². The van der Waals surface area contributed by atoms with Crippen LogP contribution < -0.4 is 5.43 Å². The van der Waals surface area contributed by atoms with Gasteiger partial charge in [0.2, 0.25) is 5.43 Å². The van der Waals surface area contributed by atoms with Gasteiger partial charge in [0, 0.05) is 18.0 Å². The monoisotopic (exact) mass is 280 g/mol. The SMILES string of the molecule is Cc1ccccc1-c1cnc2[nH]cc(C(=O)O)c(=O)c2c1. The van der Waals surface area contributed by atoms with Gasteiger partial charge in [-0.3, -0.25) is 4.79 Å². The van der Waals surface area contributed by atoms with E-state index in [1.54, 1.807) is 12.3 Å². The summed E-state index contributed by atoms with van der Waals surface area (Å²) in [6, 6.07) is 9.42. The fraction of sp³-hybridized carbons (Fsp3) is 0.0625. The fourth-order valence-electron chi connectivity index (χ4n) is 2.31. The average Bonchev–Trinajstić information content (AvgIpc) is 2.47. The van der Waals surface area contributed by atoms with Gasteiger partial charge < -0.3 is 10.1 Å². The van der Waals surface area contributed by atoms with Crippen molar-refractivity contribution >= 4 is 17.0 Å². The van der Waals surface area contributed by atoms with Crippen molar-refractivity contribution in [2.24, 2.45) is 0 Å². The zero-order valence-electron chi connectivity index (χ0n) is 11.3. The number of nitrogens with zero attached hydrogens (tertiary/aromatic N) is 1. The summed E-state index contributed by atoms with van der Waals surface area (Å²) in [5, 5.41) is 9.29. The van der Waals surface area contributed by atoms with Crippen LogP contribution in [0.1, 0.15) is 15.9 Å². The molecule has 2 heterocycles. The number of carboxylic acids is 1.